The molecule has 48 heavy (non-hydrogen) atoms. The summed E-state index contributed by atoms with van der Waals surface area (Å²) in [7, 11) is 1.51. The van der Waals surface area contributed by atoms with Gasteiger partial charge >= 0.3 is 11.7 Å². The van der Waals surface area contributed by atoms with Crippen LogP contribution in [0.3, 0.4) is 0 Å². The minimum Gasteiger partial charge on any atom is -0.461 e. The molecular formula is C28H38N6O14. The Bertz CT molecular complexity index is 1600. The van der Waals surface area contributed by atoms with Crippen molar-refractivity contribution in [3.05, 3.63) is 45.9 Å². The molecule has 3 aromatic rings. The van der Waals surface area contributed by atoms with E-state index in [1.54, 1.807) is 12.1 Å². The molecule has 1 amide bonds. The number of nitrogens with two attached hydrogens (primary N) is 1. The summed E-state index contributed by atoms with van der Waals surface area (Å²) in [6, 6.07) is 6.02. The summed E-state index contributed by atoms with van der Waals surface area (Å²) in [5, 5.41) is 73.6. The SMILES string of the molecule is COCCOc1nc(N)c2[nH]c(=O)n(Cc3ccc(C(=O)NC4O[C@H](CO)[C@@H](O[C@H]5O[C@H](CO)[C@@H](O)[C@H](O)[C@H]5O)[C@H](O)[C@H]4O)cc3)c2n1. The summed E-state index contributed by atoms with van der Waals surface area (Å²) in [5.41, 5.74) is 6.63. The van der Waals surface area contributed by atoms with Crippen LogP contribution in [0.25, 0.3) is 11.2 Å². The van der Waals surface area contributed by atoms with Gasteiger partial charge in [-0.05, 0) is 17.7 Å². The molecule has 10 atom stereocenters. The van der Waals surface area contributed by atoms with Crippen molar-refractivity contribution in [3.63, 3.8) is 0 Å². The Hall–Kier alpha value is -3.80. The van der Waals surface area contributed by atoms with Gasteiger partial charge in [-0.3, -0.25) is 9.36 Å². The highest BCUT2D eigenvalue weighted by Crippen LogP contribution is 2.29. The van der Waals surface area contributed by atoms with Crippen molar-refractivity contribution in [2.45, 2.75) is 67.9 Å². The highest BCUT2D eigenvalue weighted by molar-refractivity contribution is 5.94. The lowest BCUT2D eigenvalue weighted by atomic mass is 9.96. The maximum atomic E-state index is 13.1. The van der Waals surface area contributed by atoms with E-state index in [9.17, 15) is 45.3 Å². The Labute approximate surface area is 271 Å². The fourth-order valence-corrected chi connectivity index (χ4v) is 5.32. The minimum atomic E-state index is -1.81. The number of aromatic amines is 1. The van der Waals surface area contributed by atoms with Gasteiger partial charge in [0.15, 0.2) is 24.0 Å². The summed E-state index contributed by atoms with van der Waals surface area (Å²) in [6.07, 6.45) is -16.2. The first kappa shape index (κ1) is 35.5. The van der Waals surface area contributed by atoms with E-state index in [0.29, 0.717) is 5.56 Å². The number of carbonyl (C=O) groups is 1. The van der Waals surface area contributed by atoms with Crippen LogP contribution in [0.1, 0.15) is 15.9 Å². The summed E-state index contributed by atoms with van der Waals surface area (Å²) in [5.74, 6) is -0.701. The van der Waals surface area contributed by atoms with Gasteiger partial charge in [-0.2, -0.15) is 9.97 Å². The molecular weight excluding hydrogens is 644 g/mol. The number of fused-ring (bicyclic) bond motifs is 1. The lowest BCUT2D eigenvalue weighted by molar-refractivity contribution is -0.342. The van der Waals surface area contributed by atoms with Crippen LogP contribution in [0.5, 0.6) is 6.01 Å². The molecule has 2 saturated heterocycles. The maximum absolute atomic E-state index is 13.1. The van der Waals surface area contributed by atoms with Crippen molar-refractivity contribution in [3.8, 4) is 6.01 Å². The molecule has 0 radical (unpaired) electrons. The molecule has 264 valence electrons. The molecule has 5 rings (SSSR count). The van der Waals surface area contributed by atoms with Gasteiger partial charge in [-0.25, -0.2) is 4.79 Å². The predicted octanol–water partition coefficient (Wildman–Crippen LogP) is -4.87. The van der Waals surface area contributed by atoms with Crippen LogP contribution in [0, 0.1) is 0 Å². The largest absolute Gasteiger partial charge is 0.461 e. The van der Waals surface area contributed by atoms with Gasteiger partial charge in [0.2, 0.25) is 0 Å². The highest BCUT2D eigenvalue weighted by Gasteiger charge is 2.50. The Morgan fingerprint density at radius 1 is 0.958 bits per heavy atom. The lowest BCUT2D eigenvalue weighted by Gasteiger charge is -2.46. The van der Waals surface area contributed by atoms with Crippen molar-refractivity contribution in [1.82, 2.24) is 24.8 Å². The number of rotatable bonds is 12. The van der Waals surface area contributed by atoms with Crippen molar-refractivity contribution in [1.29, 1.82) is 0 Å². The fourth-order valence-electron chi connectivity index (χ4n) is 5.32. The third kappa shape index (κ3) is 7.28. The zero-order chi connectivity index (χ0) is 34.7. The number of aromatic nitrogens is 4. The van der Waals surface area contributed by atoms with Crippen molar-refractivity contribution < 1.29 is 64.2 Å². The molecule has 20 nitrogen and oxygen atoms in total. The normalized spacial score (nSPS) is 30.8. The van der Waals surface area contributed by atoms with Crippen LogP contribution in [0.15, 0.2) is 29.1 Å². The Morgan fingerprint density at radius 3 is 2.33 bits per heavy atom. The standard InChI is InChI=1S/C28H38N6O14/c1-44-6-7-45-27-31-22(29)15-23(32-27)34(28(43)30-15)8-11-2-4-12(5-3-11)24(42)33-25-19(40)18(39)21(14(10-36)46-25)48-26-20(41)17(38)16(37)13(9-35)47-26/h2-5,13-14,16-21,25-26,35-41H,6-10H2,1H3,(H,30,43)(H,33,42)(H2,29,31,32)/t13-,14-,16-,17+,18-,19-,20-,21-,25?,26-/m1/s1. The van der Waals surface area contributed by atoms with Crippen LogP contribution in [0.2, 0.25) is 0 Å². The number of anilines is 1. The van der Waals surface area contributed by atoms with E-state index < -0.39 is 86.2 Å². The Morgan fingerprint density at radius 2 is 1.67 bits per heavy atom. The summed E-state index contributed by atoms with van der Waals surface area (Å²) in [4.78, 5) is 36.7. The van der Waals surface area contributed by atoms with E-state index >= 15 is 0 Å². The molecule has 2 aromatic heterocycles. The number of aliphatic hydroxyl groups is 7. The number of nitrogens with zero attached hydrogens (tertiary/aromatic N) is 3. The van der Waals surface area contributed by atoms with Gasteiger partial charge in [0.05, 0.1) is 26.4 Å². The molecule has 2 aliphatic heterocycles. The molecule has 0 spiro atoms. The van der Waals surface area contributed by atoms with Gasteiger partial charge in [-0.15, -0.1) is 0 Å². The van der Waals surface area contributed by atoms with E-state index in [0.717, 1.165) is 0 Å². The molecule has 1 unspecified atom stereocenters. The van der Waals surface area contributed by atoms with Gasteiger partial charge in [-0.1, -0.05) is 12.1 Å². The van der Waals surface area contributed by atoms with E-state index in [1.807, 2.05) is 0 Å². The first-order valence-electron chi connectivity index (χ1n) is 14.8. The zero-order valence-corrected chi connectivity index (χ0v) is 25.5. The van der Waals surface area contributed by atoms with E-state index in [2.05, 4.69) is 20.3 Å². The number of nitrogen functional groups attached to an aromatic ring is 1. The topological polar surface area (TPSA) is 306 Å². The predicted molar refractivity (Wildman–Crippen MR) is 159 cm³/mol. The van der Waals surface area contributed by atoms with Crippen LogP contribution < -0.4 is 21.5 Å². The minimum absolute atomic E-state index is 0.0164. The van der Waals surface area contributed by atoms with E-state index in [4.69, 9.17) is 29.4 Å². The number of hydrogen-bond donors (Lipinski definition) is 10. The summed E-state index contributed by atoms with van der Waals surface area (Å²) >= 11 is 0. The first-order valence-corrected chi connectivity index (χ1v) is 14.8. The third-order valence-corrected chi connectivity index (χ3v) is 7.98. The van der Waals surface area contributed by atoms with Gasteiger partial charge in [0, 0.05) is 12.7 Å². The fraction of sp³-hybridized carbons (Fsp3) is 0.571. The summed E-state index contributed by atoms with van der Waals surface area (Å²) in [6.45, 7) is -1.00. The molecule has 20 heteroatoms. The maximum Gasteiger partial charge on any atom is 0.328 e. The third-order valence-electron chi connectivity index (χ3n) is 7.98. The lowest BCUT2D eigenvalue weighted by Crippen LogP contribution is -2.66. The van der Waals surface area contributed by atoms with E-state index in [1.165, 1.54) is 23.8 Å². The average Bonchev–Trinajstić information content (AvgIpc) is 3.39. The molecule has 0 saturated carbocycles. The number of benzene rings is 1. The number of amides is 1. The average molecular weight is 683 g/mol. The van der Waals surface area contributed by atoms with Crippen LogP contribution in [-0.2, 0) is 25.5 Å². The van der Waals surface area contributed by atoms with Crippen molar-refractivity contribution >= 4 is 22.9 Å². The van der Waals surface area contributed by atoms with Gasteiger partial charge in [0.1, 0.15) is 61.0 Å². The molecule has 4 heterocycles. The smallest absolute Gasteiger partial charge is 0.328 e. The Balaban J connectivity index is 1.24. The van der Waals surface area contributed by atoms with Gasteiger partial charge < -0.3 is 75.5 Å². The molecule has 2 aliphatic rings. The van der Waals surface area contributed by atoms with Gasteiger partial charge in [0.25, 0.3) is 5.91 Å². The van der Waals surface area contributed by atoms with Crippen LogP contribution in [0.4, 0.5) is 5.82 Å². The molecule has 0 bridgehead atoms. The van der Waals surface area contributed by atoms with E-state index in [-0.39, 0.29) is 48.3 Å². The zero-order valence-electron chi connectivity index (χ0n) is 25.5. The molecule has 11 N–H and O–H groups in total. The number of H-pyrrole nitrogens is 1. The number of ether oxygens (including phenoxy) is 5. The molecule has 1 aromatic carbocycles. The highest BCUT2D eigenvalue weighted by atomic mass is 16.7. The second-order valence-electron chi connectivity index (χ2n) is 11.2. The number of methoxy groups -OCH3 is 1. The summed E-state index contributed by atoms with van der Waals surface area (Å²) < 4.78 is 28.1. The number of nitrogens with one attached hydrogen (secondary N) is 2. The van der Waals surface area contributed by atoms with Crippen LogP contribution in [-0.4, -0.2) is 156 Å². The first-order chi connectivity index (χ1) is 23.0. The number of imidazole rings is 1. The van der Waals surface area contributed by atoms with Crippen LogP contribution >= 0.6 is 0 Å². The van der Waals surface area contributed by atoms with Crippen molar-refractivity contribution in [2.24, 2.45) is 0 Å². The molecule has 2 fully saturated rings. The second-order valence-corrected chi connectivity index (χ2v) is 11.2. The van der Waals surface area contributed by atoms with Crippen molar-refractivity contribution in [2.75, 3.05) is 39.3 Å². The quantitative estimate of drug-likeness (QED) is 0.0801. The Kier molecular flexibility index (Phi) is 11.2. The second kappa shape index (κ2) is 15.2. The monoisotopic (exact) mass is 682 g/mol. The number of carbonyl (C=O) groups excluding carboxylic acids is 1. The number of hydrogen-bond acceptors (Lipinski definition) is 17. The molecule has 0 aliphatic carbocycles. The number of aliphatic hydroxyl groups excluding tert-OH is 7.